The summed E-state index contributed by atoms with van der Waals surface area (Å²) >= 11 is 1.25. The molecule has 8 nitrogen and oxygen atoms in total. The Morgan fingerprint density at radius 3 is 2.46 bits per heavy atom. The molecule has 0 saturated heterocycles. The van der Waals surface area contributed by atoms with Crippen molar-refractivity contribution in [3.05, 3.63) is 84.5 Å². The van der Waals surface area contributed by atoms with E-state index in [0.717, 1.165) is 5.56 Å². The van der Waals surface area contributed by atoms with Gasteiger partial charge < -0.3 is 18.9 Å². The summed E-state index contributed by atoms with van der Waals surface area (Å²) in [7, 11) is 4.69. The summed E-state index contributed by atoms with van der Waals surface area (Å²) in [6.07, 6.45) is 1.75. The number of aromatic nitrogens is 1. The van der Waals surface area contributed by atoms with Crippen molar-refractivity contribution in [2.75, 3.05) is 27.9 Å². The average molecular weight is 495 g/mol. The lowest BCUT2D eigenvalue weighted by Crippen LogP contribution is -2.39. The second-order valence-corrected chi connectivity index (χ2v) is 8.67. The number of methoxy groups -OCH3 is 3. The molecular formula is C26H26N2O6S. The molecule has 2 heterocycles. The van der Waals surface area contributed by atoms with Crippen LogP contribution in [-0.2, 0) is 9.53 Å². The van der Waals surface area contributed by atoms with Gasteiger partial charge >= 0.3 is 5.97 Å². The molecule has 4 rings (SSSR count). The van der Waals surface area contributed by atoms with Gasteiger partial charge in [0.1, 0.15) is 5.75 Å². The number of rotatable bonds is 7. The Morgan fingerprint density at radius 1 is 1.09 bits per heavy atom. The van der Waals surface area contributed by atoms with E-state index in [-0.39, 0.29) is 12.2 Å². The molecule has 2 aromatic carbocycles. The van der Waals surface area contributed by atoms with Gasteiger partial charge in [-0.3, -0.25) is 9.36 Å². The van der Waals surface area contributed by atoms with Crippen LogP contribution in [0.4, 0.5) is 0 Å². The van der Waals surface area contributed by atoms with Crippen molar-refractivity contribution in [2.24, 2.45) is 4.99 Å². The number of carbonyl (C=O) groups is 1. The number of ether oxygens (including phenoxy) is 4. The van der Waals surface area contributed by atoms with Crippen molar-refractivity contribution in [1.29, 1.82) is 0 Å². The van der Waals surface area contributed by atoms with Crippen LogP contribution < -0.4 is 29.1 Å². The number of allylic oxidation sites excluding steroid dienone is 1. The van der Waals surface area contributed by atoms with Crippen molar-refractivity contribution in [3.63, 3.8) is 0 Å². The van der Waals surface area contributed by atoms with Gasteiger partial charge in [-0.15, -0.1) is 0 Å². The molecule has 1 aliphatic heterocycles. The lowest BCUT2D eigenvalue weighted by molar-refractivity contribution is -0.139. The minimum Gasteiger partial charge on any atom is -0.497 e. The molecule has 0 fully saturated rings. The monoisotopic (exact) mass is 494 g/mol. The molecule has 0 amide bonds. The van der Waals surface area contributed by atoms with Crippen LogP contribution in [0, 0.1) is 0 Å². The van der Waals surface area contributed by atoms with Gasteiger partial charge in [0.25, 0.3) is 5.56 Å². The van der Waals surface area contributed by atoms with Crippen molar-refractivity contribution >= 4 is 23.4 Å². The molecule has 1 atom stereocenters. The quantitative estimate of drug-likeness (QED) is 0.470. The summed E-state index contributed by atoms with van der Waals surface area (Å²) in [6, 6.07) is 12.0. The fraction of sp³-hybridized carbons (Fsp3) is 0.269. The fourth-order valence-electron chi connectivity index (χ4n) is 4.06. The predicted octanol–water partition coefficient (Wildman–Crippen LogP) is 2.82. The average Bonchev–Trinajstić information content (AvgIpc) is 3.17. The van der Waals surface area contributed by atoms with Crippen LogP contribution in [0.15, 0.2) is 63.5 Å². The van der Waals surface area contributed by atoms with E-state index in [2.05, 4.69) is 4.99 Å². The maximum absolute atomic E-state index is 13.7. The molecule has 9 heteroatoms. The topological polar surface area (TPSA) is 88.4 Å². The highest BCUT2D eigenvalue weighted by Crippen LogP contribution is 2.33. The zero-order valence-electron chi connectivity index (χ0n) is 20.2. The maximum Gasteiger partial charge on any atom is 0.338 e. The molecule has 1 aliphatic rings. The van der Waals surface area contributed by atoms with E-state index in [9.17, 15) is 9.59 Å². The van der Waals surface area contributed by atoms with Crippen molar-refractivity contribution in [3.8, 4) is 17.2 Å². The van der Waals surface area contributed by atoms with Crippen LogP contribution in [0.25, 0.3) is 6.08 Å². The van der Waals surface area contributed by atoms with E-state index in [0.29, 0.717) is 43.4 Å². The molecule has 182 valence electrons. The summed E-state index contributed by atoms with van der Waals surface area (Å²) in [5, 5.41) is 0. The number of nitrogens with zero attached hydrogens (tertiary/aromatic N) is 2. The fourth-order valence-corrected chi connectivity index (χ4v) is 5.10. The number of para-hydroxylation sites is 1. The first-order chi connectivity index (χ1) is 16.9. The van der Waals surface area contributed by atoms with Crippen LogP contribution in [0.5, 0.6) is 17.2 Å². The first-order valence-corrected chi connectivity index (χ1v) is 11.8. The first kappa shape index (κ1) is 24.3. The van der Waals surface area contributed by atoms with Gasteiger partial charge in [0.15, 0.2) is 16.3 Å². The van der Waals surface area contributed by atoms with Crippen LogP contribution in [0.1, 0.15) is 31.0 Å². The normalized spacial score (nSPS) is 15.3. The van der Waals surface area contributed by atoms with Crippen LogP contribution >= 0.6 is 11.3 Å². The smallest absolute Gasteiger partial charge is 0.338 e. The van der Waals surface area contributed by atoms with Gasteiger partial charge in [-0.1, -0.05) is 35.6 Å². The molecule has 0 saturated carbocycles. The molecule has 0 N–H and O–H groups in total. The number of hydrogen-bond acceptors (Lipinski definition) is 8. The van der Waals surface area contributed by atoms with Gasteiger partial charge in [-0.05, 0) is 43.7 Å². The van der Waals surface area contributed by atoms with Crippen LogP contribution in [-0.4, -0.2) is 38.5 Å². The SMILES string of the molecule is CCOC(=O)C1=C(C)N=c2s/c(=C\c3cccc(OC)c3OC)c(=O)n2C1c1ccc(OC)cc1. The summed E-state index contributed by atoms with van der Waals surface area (Å²) in [4.78, 5) is 31.8. The number of carbonyl (C=O) groups excluding carboxylic acids is 1. The molecule has 35 heavy (non-hydrogen) atoms. The number of esters is 1. The van der Waals surface area contributed by atoms with Gasteiger partial charge in [0, 0.05) is 5.56 Å². The molecule has 0 spiro atoms. The van der Waals surface area contributed by atoms with Crippen molar-refractivity contribution < 1.29 is 23.7 Å². The van der Waals surface area contributed by atoms with Gasteiger partial charge in [0.2, 0.25) is 0 Å². The third kappa shape index (κ3) is 4.46. The van der Waals surface area contributed by atoms with Gasteiger partial charge in [-0.2, -0.15) is 0 Å². The van der Waals surface area contributed by atoms with Gasteiger partial charge in [-0.25, -0.2) is 9.79 Å². The molecule has 0 bridgehead atoms. The third-order valence-electron chi connectivity index (χ3n) is 5.67. The second kappa shape index (κ2) is 10.2. The Labute approximate surface area is 206 Å². The number of hydrogen-bond donors (Lipinski definition) is 0. The molecule has 1 unspecified atom stereocenters. The number of benzene rings is 2. The Balaban J connectivity index is 1.96. The first-order valence-electron chi connectivity index (χ1n) is 11.0. The van der Waals surface area contributed by atoms with E-state index in [4.69, 9.17) is 18.9 Å². The van der Waals surface area contributed by atoms with E-state index >= 15 is 0 Å². The molecule has 3 aromatic rings. The number of fused-ring (bicyclic) bond motifs is 1. The molecule has 0 radical (unpaired) electrons. The van der Waals surface area contributed by atoms with E-state index in [1.165, 1.54) is 11.3 Å². The lowest BCUT2D eigenvalue weighted by Gasteiger charge is -2.24. The molecule has 0 aliphatic carbocycles. The highest BCUT2D eigenvalue weighted by atomic mass is 32.1. The number of thiazole rings is 1. The Kier molecular flexibility index (Phi) is 7.07. The Bertz CT molecular complexity index is 1470. The minimum absolute atomic E-state index is 0.213. The standard InChI is InChI=1S/C26H26N2O6S/c1-6-34-25(30)21-15(2)27-26-28(22(21)16-10-12-18(31-3)13-11-16)24(29)20(35-26)14-17-8-7-9-19(32-4)23(17)33-5/h7-14,22H,6H2,1-5H3/b20-14-. The molecule has 1 aromatic heterocycles. The molecular weight excluding hydrogens is 468 g/mol. The zero-order chi connectivity index (χ0) is 25.1. The predicted molar refractivity (Wildman–Crippen MR) is 133 cm³/mol. The summed E-state index contributed by atoms with van der Waals surface area (Å²) in [6.45, 7) is 3.71. The highest BCUT2D eigenvalue weighted by Gasteiger charge is 2.33. The third-order valence-corrected chi connectivity index (χ3v) is 6.65. The van der Waals surface area contributed by atoms with E-state index < -0.39 is 12.0 Å². The van der Waals surface area contributed by atoms with Crippen molar-refractivity contribution in [2.45, 2.75) is 19.9 Å². The Hall–Kier alpha value is -3.85. The van der Waals surface area contributed by atoms with Crippen LogP contribution in [0.2, 0.25) is 0 Å². The maximum atomic E-state index is 13.7. The highest BCUT2D eigenvalue weighted by molar-refractivity contribution is 7.07. The van der Waals surface area contributed by atoms with E-state index in [1.807, 2.05) is 24.3 Å². The van der Waals surface area contributed by atoms with E-state index in [1.54, 1.807) is 64.0 Å². The summed E-state index contributed by atoms with van der Waals surface area (Å²) in [5.74, 6) is 1.25. The second-order valence-electron chi connectivity index (χ2n) is 7.66. The Morgan fingerprint density at radius 2 is 1.83 bits per heavy atom. The van der Waals surface area contributed by atoms with Crippen molar-refractivity contribution in [1.82, 2.24) is 4.57 Å². The zero-order valence-corrected chi connectivity index (χ0v) is 21.0. The lowest BCUT2D eigenvalue weighted by atomic mass is 9.96. The van der Waals surface area contributed by atoms with Crippen LogP contribution in [0.3, 0.4) is 0 Å². The largest absolute Gasteiger partial charge is 0.497 e. The summed E-state index contributed by atoms with van der Waals surface area (Å²) in [5.41, 5.74) is 2.01. The van der Waals surface area contributed by atoms with Gasteiger partial charge in [0.05, 0.1) is 49.8 Å². The minimum atomic E-state index is -0.689. The summed E-state index contributed by atoms with van der Waals surface area (Å²) < 4.78 is 23.5.